The van der Waals surface area contributed by atoms with E-state index >= 15 is 0 Å². The first-order valence-corrected chi connectivity index (χ1v) is 9.82. The molecular weight excluding hydrogens is 371 g/mol. The summed E-state index contributed by atoms with van der Waals surface area (Å²) in [4.78, 5) is 26.5. The lowest BCUT2D eigenvalue weighted by Gasteiger charge is -2.31. The van der Waals surface area contributed by atoms with Crippen LogP contribution in [-0.2, 0) is 4.79 Å². The van der Waals surface area contributed by atoms with Crippen LogP contribution in [0.15, 0.2) is 54.6 Å². The molecular formula is C23H25FN2O3. The van der Waals surface area contributed by atoms with Crippen molar-refractivity contribution in [3.05, 3.63) is 71.6 Å². The Morgan fingerprint density at radius 1 is 1.14 bits per heavy atom. The third-order valence-electron chi connectivity index (χ3n) is 4.87. The fourth-order valence-electron chi connectivity index (χ4n) is 3.29. The number of hydrogen-bond acceptors (Lipinski definition) is 3. The van der Waals surface area contributed by atoms with Gasteiger partial charge in [-0.25, -0.2) is 4.39 Å². The predicted molar refractivity (Wildman–Crippen MR) is 110 cm³/mol. The van der Waals surface area contributed by atoms with Gasteiger partial charge < -0.3 is 15.0 Å². The summed E-state index contributed by atoms with van der Waals surface area (Å²) in [6.07, 6.45) is 4.70. The lowest BCUT2D eigenvalue weighted by atomic mass is 10.0. The number of likely N-dealkylation sites (tertiary alicyclic amines) is 1. The Morgan fingerprint density at radius 3 is 2.52 bits per heavy atom. The average molecular weight is 396 g/mol. The number of carbonyl (C=O) groups excluding carboxylic acids is 2. The first kappa shape index (κ1) is 20.6. The number of nitrogens with one attached hydrogen (secondary N) is 1. The highest BCUT2D eigenvalue weighted by Gasteiger charge is 2.23. The van der Waals surface area contributed by atoms with E-state index in [9.17, 15) is 14.0 Å². The largest absolute Gasteiger partial charge is 0.493 e. The molecule has 1 saturated heterocycles. The Labute approximate surface area is 170 Å². The molecule has 0 radical (unpaired) electrons. The molecule has 1 heterocycles. The molecule has 2 aromatic carbocycles. The predicted octanol–water partition coefficient (Wildman–Crippen LogP) is 3.66. The summed E-state index contributed by atoms with van der Waals surface area (Å²) in [5.74, 6) is 0.105. The van der Waals surface area contributed by atoms with E-state index in [-0.39, 0.29) is 23.7 Å². The Balaban J connectivity index is 1.50. The second-order valence-corrected chi connectivity index (χ2v) is 6.88. The topological polar surface area (TPSA) is 58.6 Å². The van der Waals surface area contributed by atoms with Gasteiger partial charge in [-0.1, -0.05) is 18.2 Å². The highest BCUT2D eigenvalue weighted by atomic mass is 19.1. The summed E-state index contributed by atoms with van der Waals surface area (Å²) in [5.41, 5.74) is 1.30. The Bertz CT molecular complexity index is 872. The first-order chi connectivity index (χ1) is 14.1. The van der Waals surface area contributed by atoms with Gasteiger partial charge in [0.15, 0.2) is 0 Å². The third-order valence-corrected chi connectivity index (χ3v) is 4.87. The number of nitrogens with zero attached hydrogens (tertiary/aromatic N) is 1. The highest BCUT2D eigenvalue weighted by molar-refractivity contribution is 5.94. The molecule has 0 saturated carbocycles. The van der Waals surface area contributed by atoms with Crippen LogP contribution >= 0.6 is 0 Å². The van der Waals surface area contributed by atoms with Gasteiger partial charge in [-0.05, 0) is 56.2 Å². The SMILES string of the molecule is CCOc1ccccc1/C=C/C(=O)N1CCC(NC(=O)c2ccc(F)cc2)CC1. The number of para-hydroxylation sites is 1. The van der Waals surface area contributed by atoms with Crippen LogP contribution in [0.2, 0.25) is 0 Å². The molecule has 1 aliphatic heterocycles. The summed E-state index contributed by atoms with van der Waals surface area (Å²) in [5, 5.41) is 2.96. The molecule has 0 bridgehead atoms. The molecule has 3 rings (SSSR count). The van der Waals surface area contributed by atoms with Crippen molar-refractivity contribution in [2.75, 3.05) is 19.7 Å². The zero-order chi connectivity index (χ0) is 20.6. The first-order valence-electron chi connectivity index (χ1n) is 9.82. The molecule has 152 valence electrons. The Morgan fingerprint density at radius 2 is 1.83 bits per heavy atom. The van der Waals surface area contributed by atoms with Crippen molar-refractivity contribution in [3.63, 3.8) is 0 Å². The quantitative estimate of drug-likeness (QED) is 0.758. The molecule has 1 aliphatic rings. The minimum absolute atomic E-state index is 0.000683. The molecule has 0 spiro atoms. The van der Waals surface area contributed by atoms with Crippen molar-refractivity contribution in [1.29, 1.82) is 0 Å². The number of piperidine rings is 1. The van der Waals surface area contributed by atoms with Gasteiger partial charge in [-0.2, -0.15) is 0 Å². The zero-order valence-corrected chi connectivity index (χ0v) is 16.4. The van der Waals surface area contributed by atoms with Crippen molar-refractivity contribution in [3.8, 4) is 5.75 Å². The van der Waals surface area contributed by atoms with E-state index < -0.39 is 0 Å². The summed E-state index contributed by atoms with van der Waals surface area (Å²) < 4.78 is 18.5. The molecule has 0 unspecified atom stereocenters. The molecule has 0 aliphatic carbocycles. The Kier molecular flexibility index (Phi) is 7.00. The summed E-state index contributed by atoms with van der Waals surface area (Å²) in [6.45, 7) is 3.63. The minimum Gasteiger partial charge on any atom is -0.493 e. The van der Waals surface area contributed by atoms with Gasteiger partial charge >= 0.3 is 0 Å². The minimum atomic E-state index is -0.370. The third kappa shape index (κ3) is 5.67. The standard InChI is InChI=1S/C23H25FN2O3/c1-2-29-21-6-4-3-5-17(21)9-12-22(27)26-15-13-20(14-16-26)25-23(28)18-7-10-19(24)11-8-18/h3-12,20H,2,13-16H2,1H3,(H,25,28)/b12-9+. The lowest BCUT2D eigenvalue weighted by molar-refractivity contribution is -0.126. The number of benzene rings is 2. The fourth-order valence-corrected chi connectivity index (χ4v) is 3.29. The maximum Gasteiger partial charge on any atom is 0.251 e. The molecule has 1 N–H and O–H groups in total. The van der Waals surface area contributed by atoms with Crippen LogP contribution < -0.4 is 10.1 Å². The van der Waals surface area contributed by atoms with Gasteiger partial charge in [-0.15, -0.1) is 0 Å². The van der Waals surface area contributed by atoms with E-state index in [2.05, 4.69) is 5.32 Å². The smallest absolute Gasteiger partial charge is 0.251 e. The van der Waals surface area contributed by atoms with Crippen molar-refractivity contribution in [2.24, 2.45) is 0 Å². The van der Waals surface area contributed by atoms with Crippen molar-refractivity contribution >= 4 is 17.9 Å². The average Bonchev–Trinajstić information content (AvgIpc) is 2.74. The van der Waals surface area contributed by atoms with Crippen LogP contribution in [0.5, 0.6) is 5.75 Å². The van der Waals surface area contributed by atoms with E-state index in [1.165, 1.54) is 24.3 Å². The van der Waals surface area contributed by atoms with Gasteiger partial charge in [0.1, 0.15) is 11.6 Å². The van der Waals surface area contributed by atoms with Crippen LogP contribution in [0.1, 0.15) is 35.7 Å². The maximum atomic E-state index is 13.0. The summed E-state index contributed by atoms with van der Waals surface area (Å²) in [7, 11) is 0. The molecule has 0 atom stereocenters. The number of hydrogen-bond donors (Lipinski definition) is 1. The molecule has 5 nitrogen and oxygen atoms in total. The fraction of sp³-hybridized carbons (Fsp3) is 0.304. The highest BCUT2D eigenvalue weighted by Crippen LogP contribution is 2.20. The zero-order valence-electron chi connectivity index (χ0n) is 16.4. The number of amides is 2. The molecule has 0 aromatic heterocycles. The second kappa shape index (κ2) is 9.87. The number of rotatable bonds is 6. The van der Waals surface area contributed by atoms with Crippen molar-refractivity contribution in [1.82, 2.24) is 10.2 Å². The number of halogens is 1. The lowest BCUT2D eigenvalue weighted by Crippen LogP contribution is -2.46. The molecule has 29 heavy (non-hydrogen) atoms. The van der Waals surface area contributed by atoms with Gasteiger partial charge in [0, 0.05) is 36.3 Å². The Hall–Kier alpha value is -3.15. The number of ether oxygens (including phenoxy) is 1. The van der Waals surface area contributed by atoms with Crippen LogP contribution in [0, 0.1) is 5.82 Å². The van der Waals surface area contributed by atoms with E-state index in [0.717, 1.165) is 11.3 Å². The van der Waals surface area contributed by atoms with E-state index in [0.29, 0.717) is 38.1 Å². The van der Waals surface area contributed by atoms with Gasteiger partial charge in [-0.3, -0.25) is 9.59 Å². The van der Waals surface area contributed by atoms with Crippen LogP contribution in [0.4, 0.5) is 4.39 Å². The molecule has 1 fully saturated rings. The number of carbonyl (C=O) groups is 2. The van der Waals surface area contributed by atoms with E-state index in [4.69, 9.17) is 4.74 Å². The molecule has 6 heteroatoms. The second-order valence-electron chi connectivity index (χ2n) is 6.88. The molecule has 2 amide bonds. The van der Waals surface area contributed by atoms with Crippen LogP contribution in [0.25, 0.3) is 6.08 Å². The van der Waals surface area contributed by atoms with Crippen LogP contribution in [-0.4, -0.2) is 42.5 Å². The molecule has 2 aromatic rings. The normalized spacial score (nSPS) is 14.8. The monoisotopic (exact) mass is 396 g/mol. The van der Waals surface area contributed by atoms with Gasteiger partial charge in [0.25, 0.3) is 5.91 Å². The van der Waals surface area contributed by atoms with Gasteiger partial charge in [0.2, 0.25) is 5.91 Å². The van der Waals surface area contributed by atoms with Crippen molar-refractivity contribution in [2.45, 2.75) is 25.8 Å². The van der Waals surface area contributed by atoms with Gasteiger partial charge in [0.05, 0.1) is 6.61 Å². The van der Waals surface area contributed by atoms with Crippen molar-refractivity contribution < 1.29 is 18.7 Å². The summed E-state index contributed by atoms with van der Waals surface area (Å²) >= 11 is 0. The maximum absolute atomic E-state index is 13.0. The summed E-state index contributed by atoms with van der Waals surface area (Å²) in [6, 6.07) is 13.1. The van der Waals surface area contributed by atoms with Crippen LogP contribution in [0.3, 0.4) is 0 Å². The van der Waals surface area contributed by atoms with E-state index in [1.54, 1.807) is 17.1 Å². The van der Waals surface area contributed by atoms with E-state index in [1.807, 2.05) is 31.2 Å².